The van der Waals surface area contributed by atoms with Gasteiger partial charge in [-0.1, -0.05) is 13.0 Å². The summed E-state index contributed by atoms with van der Waals surface area (Å²) < 4.78 is 27.5. The molecule has 0 spiro atoms. The molecule has 0 radical (unpaired) electrons. The lowest BCUT2D eigenvalue weighted by molar-refractivity contribution is 0.0914. The molecule has 29 heavy (non-hydrogen) atoms. The zero-order valence-electron chi connectivity index (χ0n) is 16.9. The molecule has 2 heterocycles. The van der Waals surface area contributed by atoms with Gasteiger partial charge in [0, 0.05) is 35.4 Å². The fourth-order valence-electron chi connectivity index (χ4n) is 3.94. The molecule has 152 valence electrons. The molecule has 2 aliphatic rings. The van der Waals surface area contributed by atoms with Crippen molar-refractivity contribution in [3.63, 3.8) is 0 Å². The van der Waals surface area contributed by atoms with Crippen LogP contribution < -0.4 is 28.6 Å². The van der Waals surface area contributed by atoms with E-state index in [4.69, 9.17) is 23.7 Å². The van der Waals surface area contributed by atoms with Crippen molar-refractivity contribution >= 4 is 17.2 Å². The lowest BCUT2D eigenvalue weighted by Gasteiger charge is -2.40. The molecule has 2 unspecified atom stereocenters. The number of hydrogen-bond acceptors (Lipinski definition) is 7. The third-order valence-corrected chi connectivity index (χ3v) is 5.41. The van der Waals surface area contributed by atoms with Gasteiger partial charge in [-0.05, 0) is 6.07 Å². The van der Waals surface area contributed by atoms with E-state index >= 15 is 0 Å². The van der Waals surface area contributed by atoms with Crippen LogP contribution in [0.15, 0.2) is 36.9 Å². The molecule has 2 aromatic carbocycles. The molecule has 0 aromatic heterocycles. The van der Waals surface area contributed by atoms with Crippen molar-refractivity contribution < 1.29 is 28.5 Å². The van der Waals surface area contributed by atoms with E-state index in [0.29, 0.717) is 34.3 Å². The highest BCUT2D eigenvalue weighted by atomic mass is 16.7. The monoisotopic (exact) mass is 397 g/mol. The van der Waals surface area contributed by atoms with Crippen LogP contribution in [0, 0.1) is 5.92 Å². The van der Waals surface area contributed by atoms with Crippen LogP contribution in [-0.2, 0) is 0 Å². The fourth-order valence-corrected chi connectivity index (χ4v) is 3.94. The molecular weight excluding hydrogens is 374 g/mol. The summed E-state index contributed by atoms with van der Waals surface area (Å²) in [6, 6.07) is 7.03. The van der Waals surface area contributed by atoms with E-state index in [1.54, 1.807) is 33.5 Å². The average Bonchev–Trinajstić information content (AvgIpc) is 3.21. The number of nitrogens with zero attached hydrogens (tertiary/aromatic N) is 1. The number of ether oxygens (including phenoxy) is 5. The summed E-state index contributed by atoms with van der Waals surface area (Å²) in [5, 5.41) is 0. The van der Waals surface area contributed by atoms with Crippen molar-refractivity contribution in [3.05, 3.63) is 42.5 Å². The van der Waals surface area contributed by atoms with Crippen molar-refractivity contribution in [2.75, 3.05) is 33.0 Å². The molecular formula is C22H23NO6. The summed E-state index contributed by atoms with van der Waals surface area (Å²) in [6.45, 7) is 6.00. The van der Waals surface area contributed by atoms with Gasteiger partial charge in [-0.25, -0.2) is 0 Å². The van der Waals surface area contributed by atoms with Gasteiger partial charge in [0.2, 0.25) is 12.5 Å². The van der Waals surface area contributed by atoms with Gasteiger partial charge in [-0.3, -0.25) is 4.79 Å². The quantitative estimate of drug-likeness (QED) is 0.708. The molecule has 0 bridgehead atoms. The van der Waals surface area contributed by atoms with Gasteiger partial charge in [-0.15, -0.1) is 6.58 Å². The molecule has 7 heteroatoms. The Morgan fingerprint density at radius 1 is 1.03 bits per heavy atom. The summed E-state index contributed by atoms with van der Waals surface area (Å²) >= 11 is 0. The SMILES string of the molecule is C=CC1C(C)C(=O)c2cc3c(cc2N1c1cc(OC)c(OC)c(OC)c1)OCO3. The van der Waals surface area contributed by atoms with E-state index < -0.39 is 0 Å². The Morgan fingerprint density at radius 2 is 1.66 bits per heavy atom. The van der Waals surface area contributed by atoms with Gasteiger partial charge >= 0.3 is 0 Å². The Balaban J connectivity index is 1.96. The van der Waals surface area contributed by atoms with Crippen LogP contribution in [0.4, 0.5) is 11.4 Å². The summed E-state index contributed by atoms with van der Waals surface area (Å²) in [4.78, 5) is 15.1. The van der Waals surface area contributed by atoms with Gasteiger partial charge in [-0.2, -0.15) is 0 Å². The maximum Gasteiger partial charge on any atom is 0.231 e. The second-order valence-electron chi connectivity index (χ2n) is 6.86. The minimum Gasteiger partial charge on any atom is -0.493 e. The van der Waals surface area contributed by atoms with Crippen molar-refractivity contribution in [2.24, 2.45) is 5.92 Å². The molecule has 0 amide bonds. The summed E-state index contributed by atoms with van der Waals surface area (Å²) in [5.41, 5.74) is 2.08. The van der Waals surface area contributed by atoms with E-state index in [1.807, 2.05) is 30.0 Å². The molecule has 2 aliphatic heterocycles. The molecule has 0 saturated heterocycles. The highest BCUT2D eigenvalue weighted by Crippen LogP contribution is 2.49. The van der Waals surface area contributed by atoms with Gasteiger partial charge in [0.15, 0.2) is 28.8 Å². The third kappa shape index (κ3) is 2.85. The second kappa shape index (κ2) is 7.24. The van der Waals surface area contributed by atoms with E-state index in [1.165, 1.54) is 0 Å². The first-order chi connectivity index (χ1) is 14.0. The largest absolute Gasteiger partial charge is 0.493 e. The number of rotatable bonds is 5. The number of fused-ring (bicyclic) bond motifs is 2. The zero-order chi connectivity index (χ0) is 20.7. The number of ketones is 1. The maximum atomic E-state index is 13.1. The zero-order valence-corrected chi connectivity index (χ0v) is 16.9. The molecule has 2 atom stereocenters. The first-order valence-corrected chi connectivity index (χ1v) is 9.23. The molecule has 4 rings (SSSR count). The highest BCUT2D eigenvalue weighted by molar-refractivity contribution is 6.07. The molecule has 0 N–H and O–H groups in total. The minimum absolute atomic E-state index is 0.0342. The van der Waals surface area contributed by atoms with Crippen LogP contribution >= 0.6 is 0 Å². The number of hydrogen-bond donors (Lipinski definition) is 0. The molecule has 0 saturated carbocycles. The molecule has 2 aromatic rings. The highest BCUT2D eigenvalue weighted by Gasteiger charge is 2.39. The van der Waals surface area contributed by atoms with Crippen LogP contribution in [0.2, 0.25) is 0 Å². The van der Waals surface area contributed by atoms with E-state index in [9.17, 15) is 4.79 Å². The number of methoxy groups -OCH3 is 3. The van der Waals surface area contributed by atoms with Gasteiger partial charge in [0.1, 0.15) is 0 Å². The number of carbonyl (C=O) groups excluding carboxylic acids is 1. The summed E-state index contributed by atoms with van der Waals surface area (Å²) in [6.07, 6.45) is 1.78. The maximum absolute atomic E-state index is 13.1. The Bertz CT molecular complexity index is 961. The van der Waals surface area contributed by atoms with Crippen LogP contribution in [0.25, 0.3) is 0 Å². The number of benzene rings is 2. The molecule has 0 fully saturated rings. The Labute approximate surface area is 169 Å². The lowest BCUT2D eigenvalue weighted by Crippen LogP contribution is -2.43. The van der Waals surface area contributed by atoms with E-state index in [-0.39, 0.29) is 24.5 Å². The smallest absolute Gasteiger partial charge is 0.231 e. The molecule has 0 aliphatic carbocycles. The predicted octanol–water partition coefficient (Wildman–Crippen LogP) is 3.97. The van der Waals surface area contributed by atoms with Crippen LogP contribution in [0.3, 0.4) is 0 Å². The minimum atomic E-state index is -0.306. The van der Waals surface area contributed by atoms with Crippen molar-refractivity contribution in [3.8, 4) is 28.7 Å². The van der Waals surface area contributed by atoms with Crippen LogP contribution in [-0.4, -0.2) is 39.9 Å². The molecule has 7 nitrogen and oxygen atoms in total. The predicted molar refractivity (Wildman–Crippen MR) is 108 cm³/mol. The first kappa shape index (κ1) is 19.0. The van der Waals surface area contributed by atoms with E-state index in [2.05, 4.69) is 6.58 Å². The number of carbonyl (C=O) groups is 1. The Kier molecular flexibility index (Phi) is 4.74. The first-order valence-electron chi connectivity index (χ1n) is 9.23. The van der Waals surface area contributed by atoms with Crippen molar-refractivity contribution in [1.82, 2.24) is 0 Å². The Morgan fingerprint density at radius 3 is 2.21 bits per heavy atom. The summed E-state index contributed by atoms with van der Waals surface area (Å²) in [7, 11) is 4.70. The Hall–Kier alpha value is -3.35. The normalized spacial score (nSPS) is 19.6. The number of Topliss-reactive ketones (excluding diaryl/α,β-unsaturated/α-hetero) is 1. The average molecular weight is 397 g/mol. The summed E-state index contributed by atoms with van der Waals surface area (Å²) in [5.74, 6) is 2.46. The van der Waals surface area contributed by atoms with Crippen molar-refractivity contribution in [1.29, 1.82) is 0 Å². The lowest BCUT2D eigenvalue weighted by atomic mass is 9.85. The van der Waals surface area contributed by atoms with Crippen LogP contribution in [0.1, 0.15) is 17.3 Å². The van der Waals surface area contributed by atoms with Gasteiger partial charge in [0.25, 0.3) is 0 Å². The standard InChI is InChI=1S/C22H23NO6/c1-6-15-12(2)21(24)14-9-17-18(29-11-28-17)10-16(14)23(15)13-7-19(25-3)22(27-5)20(8-13)26-4/h6-10,12,15H,1,11H2,2-5H3. The van der Waals surface area contributed by atoms with Gasteiger partial charge < -0.3 is 28.6 Å². The topological polar surface area (TPSA) is 66.5 Å². The fraction of sp³-hybridized carbons (Fsp3) is 0.318. The van der Waals surface area contributed by atoms with Gasteiger partial charge in [0.05, 0.1) is 33.1 Å². The second-order valence-corrected chi connectivity index (χ2v) is 6.86. The van der Waals surface area contributed by atoms with Crippen LogP contribution in [0.5, 0.6) is 28.7 Å². The third-order valence-electron chi connectivity index (χ3n) is 5.41. The van der Waals surface area contributed by atoms with Crippen molar-refractivity contribution in [2.45, 2.75) is 13.0 Å². The number of anilines is 2. The van der Waals surface area contributed by atoms with E-state index in [0.717, 1.165) is 11.4 Å².